The van der Waals surface area contributed by atoms with Crippen molar-refractivity contribution >= 4 is 29.5 Å². The van der Waals surface area contributed by atoms with Gasteiger partial charge in [0.2, 0.25) is 0 Å². The number of halogens is 4. The molecule has 0 radical (unpaired) electrons. The van der Waals surface area contributed by atoms with Gasteiger partial charge in [-0.3, -0.25) is 0 Å². The van der Waals surface area contributed by atoms with E-state index in [2.05, 4.69) is 11.9 Å². The molecule has 0 bridgehead atoms. The van der Waals surface area contributed by atoms with Gasteiger partial charge in [-0.1, -0.05) is 35.5 Å². The average Bonchev–Trinajstić information content (AvgIpc) is 2.76. The molecule has 0 fully saturated rings. The van der Waals surface area contributed by atoms with Crippen LogP contribution in [-0.4, -0.2) is 36.1 Å². The Hall–Kier alpha value is -2.36. The summed E-state index contributed by atoms with van der Waals surface area (Å²) in [5, 5.41) is 13.3. The molecule has 0 saturated heterocycles. The van der Waals surface area contributed by atoms with Crippen molar-refractivity contribution in [3.63, 3.8) is 0 Å². The largest absolute Gasteiger partial charge is 0.496 e. The molecule has 0 aliphatic carbocycles. The maximum atomic E-state index is 13.2. The number of methoxy groups -OCH3 is 1. The quantitative estimate of drug-likeness (QED) is 0.307. The molecule has 2 aromatic carbocycles. The maximum Gasteiger partial charge on any atom is 0.416 e. The third-order valence-corrected chi connectivity index (χ3v) is 6.60. The first-order valence-electron chi connectivity index (χ1n) is 11.2. The minimum absolute atomic E-state index is 0.308. The number of aliphatic hydroxyl groups is 1. The number of alkyl halides is 3. The van der Waals surface area contributed by atoms with Crippen LogP contribution in [0.1, 0.15) is 44.7 Å². The number of hydrogen-bond donors (Lipinski definition) is 2. The van der Waals surface area contributed by atoms with E-state index in [-0.39, 0.29) is 6.61 Å². The molecule has 0 aromatic heterocycles. The summed E-state index contributed by atoms with van der Waals surface area (Å²) in [4.78, 5) is 13.3. The lowest BCUT2D eigenvalue weighted by atomic mass is 9.88. The van der Waals surface area contributed by atoms with Crippen LogP contribution in [0.4, 0.5) is 18.0 Å². The first-order chi connectivity index (χ1) is 16.7. The summed E-state index contributed by atoms with van der Waals surface area (Å²) >= 11 is 7.60. The van der Waals surface area contributed by atoms with Crippen LogP contribution in [0.2, 0.25) is 5.02 Å². The van der Waals surface area contributed by atoms with Crippen LogP contribution in [0, 0.1) is 0 Å². The van der Waals surface area contributed by atoms with Crippen molar-refractivity contribution in [2.75, 3.05) is 13.7 Å². The molecule has 36 heavy (non-hydrogen) atoms. The Morgan fingerprint density at radius 2 is 1.89 bits per heavy atom. The van der Waals surface area contributed by atoms with Crippen molar-refractivity contribution < 1.29 is 32.5 Å². The minimum atomic E-state index is -4.47. The average molecular weight is 546 g/mol. The highest BCUT2D eigenvalue weighted by molar-refractivity contribution is 7.99. The van der Waals surface area contributed by atoms with Gasteiger partial charge < -0.3 is 19.9 Å². The second kappa shape index (κ2) is 12.3. The zero-order valence-corrected chi connectivity index (χ0v) is 22.2. The molecule has 2 aromatic rings. The number of hydrogen-bond acceptors (Lipinski definition) is 5. The zero-order valence-electron chi connectivity index (χ0n) is 20.7. The number of carbonyl (C=O) groups is 1. The van der Waals surface area contributed by atoms with Gasteiger partial charge in [0.15, 0.2) is 0 Å². The van der Waals surface area contributed by atoms with Crippen molar-refractivity contribution in [2.45, 2.75) is 67.1 Å². The lowest BCUT2D eigenvalue weighted by Crippen LogP contribution is -2.52. The van der Waals surface area contributed by atoms with Gasteiger partial charge in [0.05, 0.1) is 29.7 Å². The molecule has 1 atom stereocenters. The third kappa shape index (κ3) is 8.64. The van der Waals surface area contributed by atoms with Gasteiger partial charge in [0.1, 0.15) is 11.4 Å². The van der Waals surface area contributed by atoms with E-state index in [4.69, 9.17) is 21.1 Å². The molecular weight excluding hydrogens is 515 g/mol. The van der Waals surface area contributed by atoms with Crippen LogP contribution in [-0.2, 0) is 17.3 Å². The van der Waals surface area contributed by atoms with E-state index in [1.807, 2.05) is 0 Å². The second-order valence-corrected chi connectivity index (χ2v) is 10.8. The minimum Gasteiger partial charge on any atom is -0.496 e. The number of amides is 1. The SMILES string of the molecule is C=CC[C@@](CO)(CCc1ccc(Sc2cc(C(F)(F)F)ccc2OC)cc1Cl)NC(=O)OC(C)(C)C. The van der Waals surface area contributed by atoms with Gasteiger partial charge in [-0.25, -0.2) is 4.79 Å². The lowest BCUT2D eigenvalue weighted by molar-refractivity contribution is -0.137. The van der Waals surface area contributed by atoms with Crippen LogP contribution >= 0.6 is 23.4 Å². The Labute approximate surface area is 219 Å². The van der Waals surface area contributed by atoms with Crippen LogP contribution in [0.3, 0.4) is 0 Å². The molecule has 10 heteroatoms. The van der Waals surface area contributed by atoms with Gasteiger partial charge in [-0.2, -0.15) is 13.2 Å². The highest BCUT2D eigenvalue weighted by atomic mass is 35.5. The van der Waals surface area contributed by atoms with Crippen molar-refractivity contribution in [2.24, 2.45) is 0 Å². The summed E-state index contributed by atoms with van der Waals surface area (Å²) in [6, 6.07) is 8.48. The van der Waals surface area contributed by atoms with Crippen molar-refractivity contribution in [3.8, 4) is 5.75 Å². The fourth-order valence-electron chi connectivity index (χ4n) is 3.42. The molecule has 0 heterocycles. The summed E-state index contributed by atoms with van der Waals surface area (Å²) in [6.45, 7) is 8.62. The fraction of sp³-hybridized carbons (Fsp3) is 0.423. The van der Waals surface area contributed by atoms with Gasteiger partial charge in [0, 0.05) is 9.92 Å². The molecule has 198 valence electrons. The molecule has 0 aliphatic rings. The number of aliphatic hydroxyl groups excluding tert-OH is 1. The number of carbonyl (C=O) groups excluding carboxylic acids is 1. The molecule has 0 unspecified atom stereocenters. The highest BCUT2D eigenvalue weighted by Crippen LogP contribution is 2.40. The van der Waals surface area contributed by atoms with Crippen LogP contribution in [0.25, 0.3) is 0 Å². The third-order valence-electron chi connectivity index (χ3n) is 5.22. The van der Waals surface area contributed by atoms with E-state index >= 15 is 0 Å². The number of benzene rings is 2. The van der Waals surface area contributed by atoms with Crippen molar-refractivity contribution in [1.29, 1.82) is 0 Å². The maximum absolute atomic E-state index is 13.2. The summed E-state index contributed by atoms with van der Waals surface area (Å²) in [7, 11) is 1.39. The molecule has 1 amide bonds. The van der Waals surface area contributed by atoms with E-state index in [1.54, 1.807) is 45.0 Å². The van der Waals surface area contributed by atoms with Crippen molar-refractivity contribution in [1.82, 2.24) is 5.32 Å². The first-order valence-corrected chi connectivity index (χ1v) is 12.4. The summed E-state index contributed by atoms with van der Waals surface area (Å²) in [6.07, 6.45) is -2.43. The molecule has 0 aliphatic heterocycles. The van der Waals surface area contributed by atoms with Crippen LogP contribution in [0.15, 0.2) is 58.8 Å². The molecular formula is C26H31ClF3NO4S. The Morgan fingerprint density at radius 1 is 1.19 bits per heavy atom. The normalized spacial score (nSPS) is 13.6. The summed E-state index contributed by atoms with van der Waals surface area (Å²) < 4.78 is 50.0. The fourth-order valence-corrected chi connectivity index (χ4v) is 4.77. The number of aryl methyl sites for hydroxylation is 1. The van der Waals surface area contributed by atoms with Gasteiger partial charge in [-0.05, 0) is 75.9 Å². The predicted octanol–water partition coefficient (Wildman–Crippen LogP) is 7.28. The van der Waals surface area contributed by atoms with E-state index in [1.165, 1.54) is 13.2 Å². The number of ether oxygens (including phenoxy) is 2. The molecule has 0 saturated carbocycles. The van der Waals surface area contributed by atoms with Gasteiger partial charge in [0.25, 0.3) is 0 Å². The monoisotopic (exact) mass is 545 g/mol. The summed E-state index contributed by atoms with van der Waals surface area (Å²) in [5.41, 5.74) is -1.70. The van der Waals surface area contributed by atoms with Crippen LogP contribution < -0.4 is 10.1 Å². The Bertz CT molecular complexity index is 1070. The van der Waals surface area contributed by atoms with Gasteiger partial charge in [-0.15, -0.1) is 6.58 Å². The lowest BCUT2D eigenvalue weighted by Gasteiger charge is -2.33. The zero-order chi connectivity index (χ0) is 27.1. The first kappa shape index (κ1) is 29.9. The standard InChI is InChI=1S/C26H31ClF3NO4S/c1-6-12-25(16-32,31-23(33)35-24(2,3)4)13-11-17-7-9-19(15-20(17)27)36-22-14-18(26(28,29)30)8-10-21(22)34-5/h6-10,14-15,32H,1,11-13,16H2,2-5H3,(H,31,33)/t25-/m0/s1. The Balaban J connectivity index is 2.20. The van der Waals surface area contributed by atoms with E-state index in [0.29, 0.717) is 39.8 Å². The smallest absolute Gasteiger partial charge is 0.416 e. The number of nitrogens with one attached hydrogen (secondary N) is 1. The van der Waals surface area contributed by atoms with Crippen LogP contribution in [0.5, 0.6) is 5.75 Å². The Kier molecular flexibility index (Phi) is 10.2. The van der Waals surface area contributed by atoms with E-state index in [0.717, 1.165) is 29.5 Å². The van der Waals surface area contributed by atoms with Gasteiger partial charge >= 0.3 is 12.3 Å². The Morgan fingerprint density at radius 3 is 2.42 bits per heavy atom. The second-order valence-electron chi connectivity index (χ2n) is 9.28. The molecule has 2 rings (SSSR count). The molecule has 0 spiro atoms. The summed E-state index contributed by atoms with van der Waals surface area (Å²) in [5.74, 6) is 0.318. The number of rotatable bonds is 10. The van der Waals surface area contributed by atoms with E-state index in [9.17, 15) is 23.1 Å². The van der Waals surface area contributed by atoms with E-state index < -0.39 is 29.0 Å². The predicted molar refractivity (Wildman–Crippen MR) is 136 cm³/mol. The van der Waals surface area contributed by atoms with Crippen molar-refractivity contribution in [3.05, 3.63) is 65.2 Å². The molecule has 2 N–H and O–H groups in total. The highest BCUT2D eigenvalue weighted by Gasteiger charge is 2.33. The number of alkyl carbamates (subject to hydrolysis) is 1. The topological polar surface area (TPSA) is 67.8 Å². The molecule has 5 nitrogen and oxygen atoms in total.